The van der Waals surface area contributed by atoms with E-state index in [-0.39, 0.29) is 11.8 Å². The Hall–Kier alpha value is -3.40. The summed E-state index contributed by atoms with van der Waals surface area (Å²) in [6, 6.07) is 29.4. The van der Waals surface area contributed by atoms with Crippen LogP contribution in [0.3, 0.4) is 0 Å². The van der Waals surface area contributed by atoms with E-state index in [2.05, 4.69) is 12.1 Å². The molecule has 4 rings (SSSR count). The van der Waals surface area contributed by atoms with Gasteiger partial charge in [-0.2, -0.15) is 0 Å². The summed E-state index contributed by atoms with van der Waals surface area (Å²) in [6.07, 6.45) is 1.38. The third-order valence-corrected chi connectivity index (χ3v) is 6.06. The zero-order valence-electron chi connectivity index (χ0n) is 17.9. The second kappa shape index (κ2) is 9.61. The molecule has 0 saturated carbocycles. The minimum absolute atomic E-state index is 0.00286. The van der Waals surface area contributed by atoms with Gasteiger partial charge in [0.05, 0.1) is 5.92 Å². The van der Waals surface area contributed by atoms with E-state index in [0.717, 1.165) is 17.5 Å². The van der Waals surface area contributed by atoms with E-state index in [1.165, 1.54) is 5.56 Å². The number of carbonyl (C=O) groups excluding carboxylic acids is 2. The molecule has 1 unspecified atom stereocenters. The average molecular weight is 413 g/mol. The fourth-order valence-electron chi connectivity index (χ4n) is 4.34. The van der Waals surface area contributed by atoms with Gasteiger partial charge in [0, 0.05) is 20.1 Å². The van der Waals surface area contributed by atoms with Crippen LogP contribution < -0.4 is 0 Å². The quantitative estimate of drug-likeness (QED) is 0.611. The number of rotatable bonds is 6. The summed E-state index contributed by atoms with van der Waals surface area (Å²) in [7, 11) is 1.82. The van der Waals surface area contributed by atoms with Crippen LogP contribution >= 0.6 is 0 Å². The van der Waals surface area contributed by atoms with Gasteiger partial charge in [0.1, 0.15) is 6.04 Å². The minimum Gasteiger partial charge on any atom is -0.342 e. The molecule has 0 aliphatic carbocycles. The maximum absolute atomic E-state index is 13.9. The molecule has 1 saturated heterocycles. The molecule has 2 amide bonds. The Bertz CT molecular complexity index is 966. The third-order valence-electron chi connectivity index (χ3n) is 6.06. The zero-order chi connectivity index (χ0) is 21.6. The molecule has 0 bridgehead atoms. The molecule has 158 valence electrons. The highest BCUT2D eigenvalue weighted by atomic mass is 16.2. The first kappa shape index (κ1) is 20.9. The van der Waals surface area contributed by atoms with Crippen molar-refractivity contribution < 1.29 is 9.59 Å². The molecule has 1 heterocycles. The van der Waals surface area contributed by atoms with E-state index in [1.54, 1.807) is 4.90 Å². The van der Waals surface area contributed by atoms with Crippen LogP contribution in [0.25, 0.3) is 0 Å². The van der Waals surface area contributed by atoms with E-state index in [4.69, 9.17) is 0 Å². The van der Waals surface area contributed by atoms with Crippen molar-refractivity contribution in [3.63, 3.8) is 0 Å². The number of likely N-dealkylation sites (N-methyl/N-ethyl adjacent to an activating group) is 1. The molecule has 1 atom stereocenters. The SMILES string of the molecule is CN1CCN(C(=O)C(c2ccccc2)c2ccccc2)C(CCc2ccccc2)C1=O. The molecular formula is C27H28N2O2. The van der Waals surface area contributed by atoms with Crippen molar-refractivity contribution in [3.8, 4) is 0 Å². The number of piperazine rings is 1. The standard InChI is InChI=1S/C27H28N2O2/c1-28-19-20-29(24(26(28)30)18-17-21-11-5-2-6-12-21)27(31)25(22-13-7-3-8-14-22)23-15-9-4-10-16-23/h2-16,24-25H,17-20H2,1H3. The molecule has 1 fully saturated rings. The van der Waals surface area contributed by atoms with Crippen molar-refractivity contribution in [1.82, 2.24) is 9.80 Å². The van der Waals surface area contributed by atoms with Crippen LogP contribution in [0.15, 0.2) is 91.0 Å². The second-order valence-corrected chi connectivity index (χ2v) is 8.09. The van der Waals surface area contributed by atoms with E-state index in [0.29, 0.717) is 19.5 Å². The van der Waals surface area contributed by atoms with E-state index >= 15 is 0 Å². The average Bonchev–Trinajstić information content (AvgIpc) is 2.82. The number of hydrogen-bond donors (Lipinski definition) is 0. The lowest BCUT2D eigenvalue weighted by atomic mass is 9.88. The molecule has 3 aromatic carbocycles. The van der Waals surface area contributed by atoms with Crippen LogP contribution in [0, 0.1) is 0 Å². The lowest BCUT2D eigenvalue weighted by molar-refractivity contribution is -0.151. The van der Waals surface area contributed by atoms with Gasteiger partial charge in [-0.05, 0) is 29.5 Å². The van der Waals surface area contributed by atoms with Gasteiger partial charge in [-0.25, -0.2) is 0 Å². The van der Waals surface area contributed by atoms with E-state index < -0.39 is 12.0 Å². The monoisotopic (exact) mass is 412 g/mol. The summed E-state index contributed by atoms with van der Waals surface area (Å²) >= 11 is 0. The fraction of sp³-hybridized carbons (Fsp3) is 0.259. The Morgan fingerprint density at radius 2 is 1.35 bits per heavy atom. The molecule has 0 radical (unpaired) electrons. The maximum Gasteiger partial charge on any atom is 0.245 e. The van der Waals surface area contributed by atoms with Crippen molar-refractivity contribution in [3.05, 3.63) is 108 Å². The van der Waals surface area contributed by atoms with Gasteiger partial charge in [-0.3, -0.25) is 9.59 Å². The Balaban J connectivity index is 1.64. The lowest BCUT2D eigenvalue weighted by Gasteiger charge is -2.41. The van der Waals surface area contributed by atoms with Gasteiger partial charge in [-0.15, -0.1) is 0 Å². The molecular weight excluding hydrogens is 384 g/mol. The highest BCUT2D eigenvalue weighted by molar-refractivity contribution is 5.93. The molecule has 3 aromatic rings. The summed E-state index contributed by atoms with van der Waals surface area (Å²) < 4.78 is 0. The van der Waals surface area contributed by atoms with Crippen molar-refractivity contribution in [2.24, 2.45) is 0 Å². The molecule has 0 aromatic heterocycles. The Morgan fingerprint density at radius 3 is 1.90 bits per heavy atom. The number of benzene rings is 3. The molecule has 4 heteroatoms. The van der Waals surface area contributed by atoms with Crippen LogP contribution in [-0.2, 0) is 16.0 Å². The number of aryl methyl sites for hydroxylation is 1. The fourth-order valence-corrected chi connectivity index (χ4v) is 4.34. The highest BCUT2D eigenvalue weighted by Crippen LogP contribution is 2.29. The first-order valence-electron chi connectivity index (χ1n) is 10.8. The van der Waals surface area contributed by atoms with Crippen LogP contribution in [0.5, 0.6) is 0 Å². The predicted octanol–water partition coefficient (Wildman–Crippen LogP) is 4.12. The number of amides is 2. The largest absolute Gasteiger partial charge is 0.342 e. The Labute approximate surface area is 184 Å². The van der Waals surface area contributed by atoms with Crippen LogP contribution in [-0.4, -0.2) is 47.8 Å². The predicted molar refractivity (Wildman–Crippen MR) is 123 cm³/mol. The topological polar surface area (TPSA) is 40.6 Å². The van der Waals surface area contributed by atoms with Crippen molar-refractivity contribution >= 4 is 11.8 Å². The zero-order valence-corrected chi connectivity index (χ0v) is 17.9. The molecule has 1 aliphatic heterocycles. The maximum atomic E-state index is 13.9. The van der Waals surface area contributed by atoms with E-state index in [1.807, 2.05) is 90.8 Å². The van der Waals surface area contributed by atoms with Gasteiger partial charge in [-0.1, -0.05) is 91.0 Å². The van der Waals surface area contributed by atoms with Crippen LogP contribution in [0.1, 0.15) is 29.0 Å². The second-order valence-electron chi connectivity index (χ2n) is 8.09. The smallest absolute Gasteiger partial charge is 0.245 e. The van der Waals surface area contributed by atoms with Gasteiger partial charge < -0.3 is 9.80 Å². The lowest BCUT2D eigenvalue weighted by Crippen LogP contribution is -2.58. The molecule has 4 nitrogen and oxygen atoms in total. The highest BCUT2D eigenvalue weighted by Gasteiger charge is 2.39. The first-order chi connectivity index (χ1) is 15.1. The summed E-state index contributed by atoms with van der Waals surface area (Å²) in [5, 5.41) is 0. The van der Waals surface area contributed by atoms with Gasteiger partial charge in [0.25, 0.3) is 0 Å². The minimum atomic E-state index is -0.443. The van der Waals surface area contributed by atoms with E-state index in [9.17, 15) is 9.59 Å². The van der Waals surface area contributed by atoms with Crippen LogP contribution in [0.4, 0.5) is 0 Å². The number of hydrogen-bond acceptors (Lipinski definition) is 2. The van der Waals surface area contributed by atoms with Gasteiger partial charge in [0.2, 0.25) is 11.8 Å². The molecule has 1 aliphatic rings. The molecule has 31 heavy (non-hydrogen) atoms. The molecule has 0 spiro atoms. The summed E-state index contributed by atoms with van der Waals surface area (Å²) in [5.74, 6) is -0.398. The Kier molecular flexibility index (Phi) is 6.46. The summed E-state index contributed by atoms with van der Waals surface area (Å²) in [4.78, 5) is 30.6. The summed E-state index contributed by atoms with van der Waals surface area (Å²) in [5.41, 5.74) is 3.08. The van der Waals surface area contributed by atoms with Crippen molar-refractivity contribution in [2.45, 2.75) is 24.8 Å². The van der Waals surface area contributed by atoms with Crippen molar-refractivity contribution in [2.75, 3.05) is 20.1 Å². The normalized spacial score (nSPS) is 16.6. The number of carbonyl (C=O) groups is 2. The van der Waals surface area contributed by atoms with Crippen LogP contribution in [0.2, 0.25) is 0 Å². The third kappa shape index (κ3) is 4.69. The Morgan fingerprint density at radius 1 is 0.839 bits per heavy atom. The summed E-state index contributed by atoms with van der Waals surface area (Å²) in [6.45, 7) is 1.11. The number of nitrogens with zero attached hydrogens (tertiary/aromatic N) is 2. The first-order valence-corrected chi connectivity index (χ1v) is 10.8. The van der Waals surface area contributed by atoms with Gasteiger partial charge >= 0.3 is 0 Å². The van der Waals surface area contributed by atoms with Crippen molar-refractivity contribution in [1.29, 1.82) is 0 Å². The van der Waals surface area contributed by atoms with Gasteiger partial charge in [0.15, 0.2) is 0 Å². The molecule has 0 N–H and O–H groups in total.